The van der Waals surface area contributed by atoms with Gasteiger partial charge in [-0.15, -0.1) is 0 Å². The van der Waals surface area contributed by atoms with Crippen LogP contribution in [0.15, 0.2) is 12.2 Å². The Morgan fingerprint density at radius 2 is 2.15 bits per heavy atom. The van der Waals surface area contributed by atoms with Gasteiger partial charge in [0.05, 0.1) is 18.8 Å². The lowest BCUT2D eigenvalue weighted by Gasteiger charge is -2.39. The van der Waals surface area contributed by atoms with Gasteiger partial charge in [0.1, 0.15) is 5.60 Å². The standard InChI is InChI=1S/C19H33N3O4/c1-13(11-21-16-8-9-17(23)22-18(16)24)19(3,14(2)25-4)26-12-15-7-5-6-10-20-15/h14-16,20-21H,1,5-12H2,2-4H3,(H,22,23,24). The third-order valence-electron chi connectivity index (χ3n) is 5.63. The van der Waals surface area contributed by atoms with Gasteiger partial charge in [-0.1, -0.05) is 13.0 Å². The molecule has 2 heterocycles. The van der Waals surface area contributed by atoms with E-state index in [-0.39, 0.29) is 24.0 Å². The number of carbonyl (C=O) groups is 2. The highest BCUT2D eigenvalue weighted by molar-refractivity contribution is 6.00. The van der Waals surface area contributed by atoms with Crippen LogP contribution in [0.1, 0.15) is 46.0 Å². The second kappa shape index (κ2) is 9.60. The van der Waals surface area contributed by atoms with Gasteiger partial charge in [-0.3, -0.25) is 14.9 Å². The molecule has 0 bridgehead atoms. The van der Waals surface area contributed by atoms with Crippen LogP contribution in [0.2, 0.25) is 0 Å². The zero-order chi connectivity index (χ0) is 19.2. The van der Waals surface area contributed by atoms with Crippen molar-refractivity contribution in [1.29, 1.82) is 0 Å². The van der Waals surface area contributed by atoms with E-state index in [1.807, 2.05) is 13.8 Å². The zero-order valence-corrected chi connectivity index (χ0v) is 16.2. The molecule has 0 saturated carbocycles. The highest BCUT2D eigenvalue weighted by atomic mass is 16.5. The van der Waals surface area contributed by atoms with Gasteiger partial charge in [0, 0.05) is 26.1 Å². The average molecular weight is 367 g/mol. The molecule has 26 heavy (non-hydrogen) atoms. The van der Waals surface area contributed by atoms with E-state index in [2.05, 4.69) is 22.5 Å². The van der Waals surface area contributed by atoms with Crippen LogP contribution in [0.25, 0.3) is 0 Å². The number of imide groups is 1. The Labute approximate surface area is 156 Å². The Morgan fingerprint density at radius 3 is 2.77 bits per heavy atom. The van der Waals surface area contributed by atoms with Crippen molar-refractivity contribution in [2.45, 2.75) is 69.7 Å². The number of hydrogen-bond donors (Lipinski definition) is 3. The summed E-state index contributed by atoms with van der Waals surface area (Å²) < 4.78 is 11.8. The molecule has 2 aliphatic rings. The largest absolute Gasteiger partial charge is 0.378 e. The molecule has 2 amide bonds. The molecule has 4 atom stereocenters. The fourth-order valence-corrected chi connectivity index (χ4v) is 3.38. The quantitative estimate of drug-likeness (QED) is 0.414. The first-order valence-electron chi connectivity index (χ1n) is 9.52. The van der Waals surface area contributed by atoms with Crippen LogP contribution in [0.4, 0.5) is 0 Å². The smallest absolute Gasteiger partial charge is 0.243 e. The van der Waals surface area contributed by atoms with Crippen LogP contribution in [0, 0.1) is 0 Å². The SMILES string of the molecule is C=C(CNC1CCC(=O)NC1=O)C(C)(OCC1CCCCN1)C(C)OC. The average Bonchev–Trinajstić information content (AvgIpc) is 2.65. The normalized spacial score (nSPS) is 27.5. The molecule has 4 unspecified atom stereocenters. The summed E-state index contributed by atoms with van der Waals surface area (Å²) in [5.41, 5.74) is 0.161. The lowest BCUT2D eigenvalue weighted by molar-refractivity contribution is -0.134. The Hall–Kier alpha value is -1.28. The highest BCUT2D eigenvalue weighted by Crippen LogP contribution is 2.27. The molecule has 0 aromatic heterocycles. The van der Waals surface area contributed by atoms with E-state index in [0.717, 1.165) is 18.5 Å². The van der Waals surface area contributed by atoms with Gasteiger partial charge in [0.2, 0.25) is 11.8 Å². The summed E-state index contributed by atoms with van der Waals surface area (Å²) in [5, 5.41) is 9.04. The van der Waals surface area contributed by atoms with Gasteiger partial charge in [-0.2, -0.15) is 0 Å². The molecule has 3 N–H and O–H groups in total. The van der Waals surface area contributed by atoms with Crippen LogP contribution in [0.5, 0.6) is 0 Å². The number of nitrogens with one attached hydrogen (secondary N) is 3. The predicted molar refractivity (Wildman–Crippen MR) is 99.8 cm³/mol. The molecule has 0 aromatic carbocycles. The van der Waals surface area contributed by atoms with Crippen molar-refractivity contribution in [2.75, 3.05) is 26.8 Å². The lowest BCUT2D eigenvalue weighted by Crippen LogP contribution is -2.53. The summed E-state index contributed by atoms with van der Waals surface area (Å²) in [6, 6.07) is -0.0328. The summed E-state index contributed by atoms with van der Waals surface area (Å²) in [6.45, 7) is 10.2. The monoisotopic (exact) mass is 367 g/mol. The van der Waals surface area contributed by atoms with Gasteiger partial charge < -0.3 is 20.1 Å². The summed E-state index contributed by atoms with van der Waals surface area (Å²) in [4.78, 5) is 23.2. The van der Waals surface area contributed by atoms with Crippen LogP contribution in [-0.4, -0.2) is 62.4 Å². The fraction of sp³-hybridized carbons (Fsp3) is 0.789. The van der Waals surface area contributed by atoms with Crippen molar-refractivity contribution in [3.8, 4) is 0 Å². The summed E-state index contributed by atoms with van der Waals surface area (Å²) >= 11 is 0. The number of methoxy groups -OCH3 is 1. The summed E-state index contributed by atoms with van der Waals surface area (Å²) in [7, 11) is 1.66. The van der Waals surface area contributed by atoms with Gasteiger partial charge in [0.15, 0.2) is 0 Å². The number of ether oxygens (including phenoxy) is 2. The van der Waals surface area contributed by atoms with Crippen LogP contribution in [0.3, 0.4) is 0 Å². The van der Waals surface area contributed by atoms with Gasteiger partial charge in [-0.05, 0) is 45.2 Å². The first kappa shape index (κ1) is 21.0. The molecule has 148 valence electrons. The van der Waals surface area contributed by atoms with Gasteiger partial charge in [0.25, 0.3) is 0 Å². The molecular formula is C19H33N3O4. The molecule has 2 aliphatic heterocycles. The number of amides is 2. The first-order chi connectivity index (χ1) is 12.4. The Bertz CT molecular complexity index is 519. The Morgan fingerprint density at radius 1 is 1.38 bits per heavy atom. The van der Waals surface area contributed by atoms with E-state index >= 15 is 0 Å². The molecule has 0 radical (unpaired) electrons. The third kappa shape index (κ3) is 5.36. The van der Waals surface area contributed by atoms with E-state index in [0.29, 0.717) is 32.0 Å². The van der Waals surface area contributed by atoms with Crippen molar-refractivity contribution in [3.05, 3.63) is 12.2 Å². The minimum Gasteiger partial charge on any atom is -0.378 e. The molecule has 7 nitrogen and oxygen atoms in total. The number of carbonyl (C=O) groups excluding carboxylic acids is 2. The van der Waals surface area contributed by atoms with E-state index in [1.54, 1.807) is 7.11 Å². The first-order valence-corrected chi connectivity index (χ1v) is 9.52. The molecule has 0 aliphatic carbocycles. The molecule has 2 rings (SSSR count). The molecule has 0 aromatic rings. The molecule has 2 fully saturated rings. The topological polar surface area (TPSA) is 88.7 Å². The predicted octanol–water partition coefficient (Wildman–Crippen LogP) is 0.890. The number of piperidine rings is 2. The Balaban J connectivity index is 1.92. The maximum atomic E-state index is 11.9. The Kier molecular flexibility index (Phi) is 7.76. The van der Waals surface area contributed by atoms with Crippen LogP contribution >= 0.6 is 0 Å². The van der Waals surface area contributed by atoms with E-state index in [9.17, 15) is 9.59 Å². The maximum Gasteiger partial charge on any atom is 0.243 e. The molecule has 7 heteroatoms. The molecule has 0 spiro atoms. The van der Waals surface area contributed by atoms with Crippen LogP contribution < -0.4 is 16.0 Å². The van der Waals surface area contributed by atoms with Crippen molar-refractivity contribution in [2.24, 2.45) is 0 Å². The molecular weight excluding hydrogens is 334 g/mol. The van der Waals surface area contributed by atoms with E-state index < -0.39 is 5.60 Å². The highest BCUT2D eigenvalue weighted by Gasteiger charge is 2.37. The van der Waals surface area contributed by atoms with Crippen molar-refractivity contribution < 1.29 is 19.1 Å². The van der Waals surface area contributed by atoms with E-state index in [4.69, 9.17) is 9.47 Å². The molecule has 2 saturated heterocycles. The second-order valence-corrected chi connectivity index (χ2v) is 7.43. The zero-order valence-electron chi connectivity index (χ0n) is 16.2. The number of rotatable bonds is 9. The van der Waals surface area contributed by atoms with Crippen molar-refractivity contribution >= 4 is 11.8 Å². The van der Waals surface area contributed by atoms with Gasteiger partial charge in [-0.25, -0.2) is 0 Å². The lowest BCUT2D eigenvalue weighted by atomic mass is 9.90. The minimum atomic E-state index is -0.665. The summed E-state index contributed by atoms with van der Waals surface area (Å²) in [5.74, 6) is -0.490. The number of hydrogen-bond acceptors (Lipinski definition) is 6. The minimum absolute atomic E-state index is 0.179. The maximum absolute atomic E-state index is 11.9. The van der Waals surface area contributed by atoms with Crippen LogP contribution in [-0.2, 0) is 19.1 Å². The van der Waals surface area contributed by atoms with Crippen molar-refractivity contribution in [3.63, 3.8) is 0 Å². The summed E-state index contributed by atoms with van der Waals surface area (Å²) in [6.07, 6.45) is 4.22. The van der Waals surface area contributed by atoms with Crippen molar-refractivity contribution in [1.82, 2.24) is 16.0 Å². The second-order valence-electron chi connectivity index (χ2n) is 7.43. The van der Waals surface area contributed by atoms with E-state index in [1.165, 1.54) is 12.8 Å². The third-order valence-corrected chi connectivity index (χ3v) is 5.63. The fourth-order valence-electron chi connectivity index (χ4n) is 3.38. The van der Waals surface area contributed by atoms with Gasteiger partial charge >= 0.3 is 0 Å².